The Bertz CT molecular complexity index is 258. The second-order valence-electron chi connectivity index (χ2n) is 2.52. The van der Waals surface area contributed by atoms with Crippen LogP contribution in [0.15, 0.2) is 36.6 Å². The van der Waals surface area contributed by atoms with E-state index in [0.29, 0.717) is 6.54 Å². The summed E-state index contributed by atoms with van der Waals surface area (Å²) in [4.78, 5) is 5.39. The van der Waals surface area contributed by atoms with Gasteiger partial charge in [0.25, 0.3) is 0 Å². The van der Waals surface area contributed by atoms with E-state index in [1.165, 1.54) is 0 Å². The summed E-state index contributed by atoms with van der Waals surface area (Å²) >= 11 is 0. The average molecular weight is 166 g/mol. The first-order valence-electron chi connectivity index (χ1n) is 3.77. The molecule has 0 saturated heterocycles. The molecule has 64 valence electrons. The van der Waals surface area contributed by atoms with Gasteiger partial charge >= 0.3 is 0 Å². The van der Waals surface area contributed by atoms with E-state index in [2.05, 4.69) is 0 Å². The fourth-order valence-corrected chi connectivity index (χ4v) is 1.11. The van der Waals surface area contributed by atoms with E-state index in [4.69, 9.17) is 15.3 Å². The van der Waals surface area contributed by atoms with Gasteiger partial charge in [0.15, 0.2) is 0 Å². The number of allylic oxidation sites excluding steroid dienone is 1. The lowest BCUT2D eigenvalue weighted by atomic mass is 10.3. The molecule has 2 aliphatic heterocycles. The van der Waals surface area contributed by atoms with E-state index in [0.717, 1.165) is 5.70 Å². The second kappa shape index (κ2) is 3.00. The number of hydrogen-bond donors (Lipinski definition) is 1. The number of fused-ring (bicyclic) bond motifs is 1. The van der Waals surface area contributed by atoms with Crippen LogP contribution in [0.3, 0.4) is 0 Å². The van der Waals surface area contributed by atoms with Crippen molar-refractivity contribution in [3.05, 3.63) is 36.6 Å². The molecule has 0 amide bonds. The normalized spacial score (nSPS) is 26.2. The summed E-state index contributed by atoms with van der Waals surface area (Å²) in [7, 11) is 0. The highest BCUT2D eigenvalue weighted by molar-refractivity contribution is 5.22. The third-order valence-corrected chi connectivity index (χ3v) is 1.68. The molecule has 1 unspecified atom stereocenters. The zero-order valence-electron chi connectivity index (χ0n) is 6.51. The molecule has 2 N–H and O–H groups in total. The summed E-state index contributed by atoms with van der Waals surface area (Å²) in [5.74, 6) is 0. The van der Waals surface area contributed by atoms with Crippen molar-refractivity contribution in [2.24, 2.45) is 5.73 Å². The fraction of sp³-hybridized carbons (Fsp3) is 0.250. The summed E-state index contributed by atoms with van der Waals surface area (Å²) < 4.78 is 4.94. The van der Waals surface area contributed by atoms with Gasteiger partial charge in [-0.05, 0) is 12.2 Å². The lowest BCUT2D eigenvalue weighted by Gasteiger charge is -2.13. The van der Waals surface area contributed by atoms with Crippen LogP contribution in [-0.2, 0) is 9.57 Å². The van der Waals surface area contributed by atoms with Gasteiger partial charge in [-0.1, -0.05) is 0 Å². The number of rotatable bonds is 1. The van der Waals surface area contributed by atoms with Crippen LogP contribution in [0.5, 0.6) is 0 Å². The maximum Gasteiger partial charge on any atom is 0.119 e. The number of hydrogen-bond acceptors (Lipinski definition) is 4. The van der Waals surface area contributed by atoms with Crippen molar-refractivity contribution in [1.29, 1.82) is 0 Å². The van der Waals surface area contributed by atoms with Crippen LogP contribution >= 0.6 is 0 Å². The van der Waals surface area contributed by atoms with Crippen molar-refractivity contribution in [2.45, 2.75) is 6.10 Å². The van der Waals surface area contributed by atoms with E-state index >= 15 is 0 Å². The van der Waals surface area contributed by atoms with Gasteiger partial charge in [0, 0.05) is 6.54 Å². The largest absolute Gasteiger partial charge is 0.471 e. The maximum atomic E-state index is 5.45. The van der Waals surface area contributed by atoms with Crippen LogP contribution in [0.2, 0.25) is 0 Å². The van der Waals surface area contributed by atoms with Crippen LogP contribution in [0.4, 0.5) is 0 Å². The van der Waals surface area contributed by atoms with Gasteiger partial charge in [-0.15, -0.1) is 0 Å². The summed E-state index contributed by atoms with van der Waals surface area (Å²) in [6.07, 6.45) is 8.63. The van der Waals surface area contributed by atoms with E-state index in [-0.39, 0.29) is 6.10 Å². The van der Waals surface area contributed by atoms with Crippen LogP contribution in [0.25, 0.3) is 0 Å². The van der Waals surface area contributed by atoms with Crippen LogP contribution in [-0.4, -0.2) is 17.7 Å². The van der Waals surface area contributed by atoms with Gasteiger partial charge in [0.2, 0.25) is 0 Å². The zero-order chi connectivity index (χ0) is 8.39. The van der Waals surface area contributed by atoms with E-state index < -0.39 is 0 Å². The quantitative estimate of drug-likeness (QED) is 0.614. The Hall–Kier alpha value is -1.26. The molecule has 0 aromatic heterocycles. The smallest absolute Gasteiger partial charge is 0.119 e. The van der Waals surface area contributed by atoms with Crippen molar-refractivity contribution in [1.82, 2.24) is 5.06 Å². The van der Waals surface area contributed by atoms with E-state index in [9.17, 15) is 0 Å². The predicted molar refractivity (Wildman–Crippen MR) is 43.2 cm³/mol. The van der Waals surface area contributed by atoms with Crippen LogP contribution in [0, 0.1) is 0 Å². The zero-order valence-corrected chi connectivity index (χ0v) is 6.51. The predicted octanol–water partition coefficient (Wildman–Crippen LogP) is 0.460. The number of nitrogens with two attached hydrogens (primary N) is 1. The Morgan fingerprint density at radius 3 is 3.25 bits per heavy atom. The maximum absolute atomic E-state index is 5.45. The summed E-state index contributed by atoms with van der Waals surface area (Å²) in [5, 5.41) is 1.64. The SMILES string of the molecule is NCC1C=C2C=COC=CN2O1. The first kappa shape index (κ1) is 7.39. The van der Waals surface area contributed by atoms with Gasteiger partial charge in [0.1, 0.15) is 12.4 Å². The molecule has 4 heteroatoms. The monoisotopic (exact) mass is 166 g/mol. The third kappa shape index (κ3) is 1.22. The molecular formula is C8H10N2O2. The highest BCUT2D eigenvalue weighted by Crippen LogP contribution is 2.20. The summed E-state index contributed by atoms with van der Waals surface area (Å²) in [6, 6.07) is 0. The van der Waals surface area contributed by atoms with E-state index in [1.54, 1.807) is 23.8 Å². The van der Waals surface area contributed by atoms with Crippen molar-refractivity contribution in [3.63, 3.8) is 0 Å². The first-order chi connectivity index (χ1) is 5.90. The lowest BCUT2D eigenvalue weighted by Crippen LogP contribution is -2.22. The number of nitrogens with zero attached hydrogens (tertiary/aromatic N) is 1. The Morgan fingerprint density at radius 2 is 2.42 bits per heavy atom. The molecule has 0 aromatic carbocycles. The van der Waals surface area contributed by atoms with Gasteiger partial charge in [-0.3, -0.25) is 4.84 Å². The molecule has 4 nitrogen and oxygen atoms in total. The Kier molecular flexibility index (Phi) is 1.85. The van der Waals surface area contributed by atoms with Gasteiger partial charge in [0.05, 0.1) is 18.2 Å². The van der Waals surface area contributed by atoms with Gasteiger partial charge in [-0.25, -0.2) is 5.06 Å². The topological polar surface area (TPSA) is 47.7 Å². The molecular weight excluding hydrogens is 156 g/mol. The third-order valence-electron chi connectivity index (χ3n) is 1.68. The number of hydroxylamine groups is 2. The molecule has 0 saturated carbocycles. The molecule has 2 rings (SSSR count). The number of ether oxygens (including phenoxy) is 1. The lowest BCUT2D eigenvalue weighted by molar-refractivity contribution is -0.0949. The molecule has 2 aliphatic rings. The average Bonchev–Trinajstić information content (AvgIpc) is 2.37. The molecule has 12 heavy (non-hydrogen) atoms. The Morgan fingerprint density at radius 1 is 1.50 bits per heavy atom. The fourth-order valence-electron chi connectivity index (χ4n) is 1.11. The van der Waals surface area contributed by atoms with Crippen molar-refractivity contribution in [3.8, 4) is 0 Å². The molecule has 0 bridgehead atoms. The highest BCUT2D eigenvalue weighted by Gasteiger charge is 2.20. The highest BCUT2D eigenvalue weighted by atomic mass is 16.7. The molecule has 0 aromatic rings. The van der Waals surface area contributed by atoms with Crippen LogP contribution < -0.4 is 5.73 Å². The molecule has 0 fully saturated rings. The van der Waals surface area contributed by atoms with Crippen molar-refractivity contribution in [2.75, 3.05) is 6.54 Å². The first-order valence-corrected chi connectivity index (χ1v) is 3.77. The molecule has 0 aliphatic carbocycles. The minimum Gasteiger partial charge on any atom is -0.471 e. The molecule has 2 heterocycles. The van der Waals surface area contributed by atoms with Crippen molar-refractivity contribution >= 4 is 0 Å². The van der Waals surface area contributed by atoms with Gasteiger partial charge in [-0.2, -0.15) is 0 Å². The minimum atomic E-state index is -0.0209. The van der Waals surface area contributed by atoms with Crippen LogP contribution in [0.1, 0.15) is 0 Å². The molecule has 0 radical (unpaired) electrons. The summed E-state index contributed by atoms with van der Waals surface area (Å²) in [5.41, 5.74) is 6.41. The molecule has 0 spiro atoms. The Labute approximate surface area is 70.5 Å². The summed E-state index contributed by atoms with van der Waals surface area (Å²) in [6.45, 7) is 0.489. The standard InChI is InChI=1S/C8H10N2O2/c9-6-8-5-7-1-3-11-4-2-10(7)12-8/h1-5,8H,6,9H2. The minimum absolute atomic E-state index is 0.0209. The van der Waals surface area contributed by atoms with Crippen molar-refractivity contribution < 1.29 is 9.57 Å². The van der Waals surface area contributed by atoms with Gasteiger partial charge < -0.3 is 10.5 Å². The molecule has 1 atom stereocenters. The second-order valence-corrected chi connectivity index (χ2v) is 2.52. The van der Waals surface area contributed by atoms with E-state index in [1.807, 2.05) is 12.2 Å². The Balaban J connectivity index is 2.20.